The first-order valence-electron chi connectivity index (χ1n) is 32.6. The van der Waals surface area contributed by atoms with Crippen molar-refractivity contribution in [2.24, 2.45) is 0 Å². The fraction of sp³-hybridized carbons (Fsp3) is 0.838. The van der Waals surface area contributed by atoms with E-state index in [4.69, 9.17) is 14.2 Å². The normalized spacial score (nSPS) is 12.3. The molecule has 0 aliphatic heterocycles. The van der Waals surface area contributed by atoms with E-state index in [2.05, 4.69) is 69.4 Å². The Morgan fingerprint density at radius 2 is 0.486 bits per heavy atom. The second kappa shape index (κ2) is 62.9. The number of hydrogen-bond acceptors (Lipinski definition) is 6. The van der Waals surface area contributed by atoms with E-state index in [0.29, 0.717) is 19.3 Å². The van der Waals surface area contributed by atoms with Crippen molar-refractivity contribution in [1.82, 2.24) is 0 Å². The van der Waals surface area contributed by atoms with E-state index in [9.17, 15) is 14.4 Å². The molecule has 0 radical (unpaired) electrons. The molecule has 0 fully saturated rings. The summed E-state index contributed by atoms with van der Waals surface area (Å²) in [6.07, 6.45) is 78.3. The molecule has 0 bridgehead atoms. The number of carbonyl (C=O) groups excluding carboxylic acids is 3. The van der Waals surface area contributed by atoms with Crippen LogP contribution in [0, 0.1) is 0 Å². The molecule has 0 aliphatic rings. The van der Waals surface area contributed by atoms with Gasteiger partial charge in [0.1, 0.15) is 13.2 Å². The van der Waals surface area contributed by atoms with Crippen molar-refractivity contribution in [2.75, 3.05) is 13.2 Å². The molecule has 0 N–H and O–H groups in total. The van der Waals surface area contributed by atoms with Crippen LogP contribution >= 0.6 is 0 Å². The summed E-state index contributed by atoms with van der Waals surface area (Å²) in [6, 6.07) is 0. The van der Waals surface area contributed by atoms with Crippen molar-refractivity contribution < 1.29 is 28.6 Å². The molecule has 6 nitrogen and oxygen atoms in total. The van der Waals surface area contributed by atoms with Crippen molar-refractivity contribution in [3.63, 3.8) is 0 Å². The minimum Gasteiger partial charge on any atom is -0.462 e. The van der Waals surface area contributed by atoms with E-state index in [1.165, 1.54) is 231 Å². The molecule has 0 aromatic rings. The maximum Gasteiger partial charge on any atom is 0.306 e. The van der Waals surface area contributed by atoms with Crippen LogP contribution in [0.2, 0.25) is 0 Å². The van der Waals surface area contributed by atoms with Gasteiger partial charge in [0.25, 0.3) is 0 Å². The van der Waals surface area contributed by atoms with Crippen LogP contribution in [0.5, 0.6) is 0 Å². The van der Waals surface area contributed by atoms with Crippen LogP contribution in [0.3, 0.4) is 0 Å². The maximum atomic E-state index is 12.9. The van der Waals surface area contributed by atoms with Gasteiger partial charge in [0, 0.05) is 19.3 Å². The van der Waals surface area contributed by atoms with Crippen LogP contribution in [0.1, 0.15) is 348 Å². The third kappa shape index (κ3) is 60.2. The van der Waals surface area contributed by atoms with Gasteiger partial charge in [-0.1, -0.05) is 294 Å². The first-order chi connectivity index (χ1) is 36.5. The Balaban J connectivity index is 4.26. The number of ether oxygens (including phenoxy) is 3. The first kappa shape index (κ1) is 71.4. The smallest absolute Gasteiger partial charge is 0.306 e. The Morgan fingerprint density at radius 1 is 0.270 bits per heavy atom. The summed E-state index contributed by atoms with van der Waals surface area (Å²) >= 11 is 0. The summed E-state index contributed by atoms with van der Waals surface area (Å²) in [4.78, 5) is 38.3. The fourth-order valence-corrected chi connectivity index (χ4v) is 9.62. The van der Waals surface area contributed by atoms with Crippen LogP contribution in [0.25, 0.3) is 0 Å². The van der Waals surface area contributed by atoms with Gasteiger partial charge in [-0.15, -0.1) is 0 Å². The van der Waals surface area contributed by atoms with Gasteiger partial charge >= 0.3 is 17.9 Å². The van der Waals surface area contributed by atoms with Crippen molar-refractivity contribution in [3.8, 4) is 0 Å². The van der Waals surface area contributed by atoms with Crippen molar-refractivity contribution in [1.29, 1.82) is 0 Å². The van der Waals surface area contributed by atoms with E-state index in [0.717, 1.165) is 77.0 Å². The third-order valence-electron chi connectivity index (χ3n) is 14.6. The van der Waals surface area contributed by atoms with Crippen LogP contribution in [0.15, 0.2) is 48.6 Å². The fourth-order valence-electron chi connectivity index (χ4n) is 9.62. The standard InChI is InChI=1S/C68H124O6/c1-4-7-10-13-16-19-22-25-27-29-31-32-33-34-35-36-38-39-41-43-46-49-52-55-58-61-67(70)73-64-65(63-72-66(69)60-57-54-51-48-45-24-21-18-15-12-9-6-3)74-68(71)62-59-56-53-50-47-44-42-40-37-30-28-26-23-20-17-14-11-8-5-2/h18,21-22,25,29,31,33-34,65H,4-17,19-20,23-24,26-28,30,32,35-64H2,1-3H3/b21-18-,25-22-,31-29-,34-33-. The highest BCUT2D eigenvalue weighted by atomic mass is 16.6. The van der Waals surface area contributed by atoms with Crippen molar-refractivity contribution in [3.05, 3.63) is 48.6 Å². The molecule has 0 aromatic heterocycles. The molecular weight excluding hydrogens is 913 g/mol. The van der Waals surface area contributed by atoms with Crippen LogP contribution < -0.4 is 0 Å². The minimum absolute atomic E-state index is 0.0742. The summed E-state index contributed by atoms with van der Waals surface area (Å²) < 4.78 is 16.9. The summed E-state index contributed by atoms with van der Waals surface area (Å²) in [7, 11) is 0. The predicted octanol–water partition coefficient (Wildman–Crippen LogP) is 22.2. The predicted molar refractivity (Wildman–Crippen MR) is 321 cm³/mol. The summed E-state index contributed by atoms with van der Waals surface area (Å²) in [5, 5.41) is 0. The molecule has 0 saturated carbocycles. The zero-order valence-corrected chi connectivity index (χ0v) is 49.6. The molecule has 74 heavy (non-hydrogen) atoms. The molecule has 1 unspecified atom stereocenters. The second-order valence-corrected chi connectivity index (χ2v) is 22.0. The molecule has 0 saturated heterocycles. The van der Waals surface area contributed by atoms with Crippen molar-refractivity contribution >= 4 is 17.9 Å². The Kier molecular flexibility index (Phi) is 60.7. The number of unbranched alkanes of at least 4 members (excludes halogenated alkanes) is 41. The minimum atomic E-state index is -0.776. The summed E-state index contributed by atoms with van der Waals surface area (Å²) in [5.41, 5.74) is 0. The molecular formula is C68H124O6. The lowest BCUT2D eigenvalue weighted by atomic mass is 10.0. The largest absolute Gasteiger partial charge is 0.462 e. The van der Waals surface area contributed by atoms with Gasteiger partial charge in [0.05, 0.1) is 0 Å². The topological polar surface area (TPSA) is 78.9 Å². The van der Waals surface area contributed by atoms with E-state index in [1.54, 1.807) is 0 Å². The number of carbonyl (C=O) groups is 3. The molecule has 1 atom stereocenters. The molecule has 0 rings (SSSR count). The quantitative estimate of drug-likeness (QED) is 0.0261. The Hall–Kier alpha value is -2.63. The molecule has 6 heteroatoms. The maximum absolute atomic E-state index is 12.9. The van der Waals surface area contributed by atoms with Gasteiger partial charge in [0.15, 0.2) is 6.10 Å². The van der Waals surface area contributed by atoms with Gasteiger partial charge in [0.2, 0.25) is 0 Å². The zero-order valence-electron chi connectivity index (χ0n) is 49.6. The lowest BCUT2D eigenvalue weighted by Gasteiger charge is -2.18. The molecule has 0 spiro atoms. The summed E-state index contributed by atoms with van der Waals surface area (Å²) in [6.45, 7) is 6.65. The van der Waals surface area contributed by atoms with Gasteiger partial charge in [-0.05, 0) is 83.5 Å². The Labute approximate surface area is 460 Å². The lowest BCUT2D eigenvalue weighted by molar-refractivity contribution is -0.167. The van der Waals surface area contributed by atoms with Crippen LogP contribution in [-0.2, 0) is 28.6 Å². The third-order valence-corrected chi connectivity index (χ3v) is 14.6. The molecule has 0 aliphatic carbocycles. The highest BCUT2D eigenvalue weighted by Crippen LogP contribution is 2.17. The molecule has 0 aromatic carbocycles. The Bertz CT molecular complexity index is 1280. The van der Waals surface area contributed by atoms with Crippen molar-refractivity contribution in [2.45, 2.75) is 354 Å². The SMILES string of the molecule is CCCCC/C=C\CCCCCCCC(=O)OCC(COC(=O)CCCCCCCCCCCC/C=C\C/C=C\C/C=C\CCCCCCC)OC(=O)CCCCCCCCCCCCCCCCCCCCC. The lowest BCUT2D eigenvalue weighted by Crippen LogP contribution is -2.30. The van der Waals surface area contributed by atoms with E-state index in [-0.39, 0.29) is 31.1 Å². The average molecular weight is 1040 g/mol. The molecule has 432 valence electrons. The number of rotatable bonds is 60. The zero-order chi connectivity index (χ0) is 53.6. The number of allylic oxidation sites excluding steroid dienone is 8. The highest BCUT2D eigenvalue weighted by Gasteiger charge is 2.19. The van der Waals surface area contributed by atoms with Gasteiger partial charge < -0.3 is 14.2 Å². The average Bonchev–Trinajstić information content (AvgIpc) is 3.40. The van der Waals surface area contributed by atoms with E-state index < -0.39 is 6.10 Å². The highest BCUT2D eigenvalue weighted by molar-refractivity contribution is 5.71. The van der Waals surface area contributed by atoms with Gasteiger partial charge in [-0.2, -0.15) is 0 Å². The van der Waals surface area contributed by atoms with E-state index in [1.807, 2.05) is 0 Å². The van der Waals surface area contributed by atoms with Gasteiger partial charge in [-0.3, -0.25) is 14.4 Å². The van der Waals surface area contributed by atoms with Crippen LogP contribution in [-0.4, -0.2) is 37.2 Å². The second-order valence-electron chi connectivity index (χ2n) is 22.0. The first-order valence-corrected chi connectivity index (χ1v) is 32.6. The van der Waals surface area contributed by atoms with Gasteiger partial charge in [-0.25, -0.2) is 0 Å². The number of hydrogen-bond donors (Lipinski definition) is 0. The Morgan fingerprint density at radius 3 is 0.797 bits per heavy atom. The van der Waals surface area contributed by atoms with E-state index >= 15 is 0 Å². The molecule has 0 heterocycles. The number of esters is 3. The van der Waals surface area contributed by atoms with Crippen LogP contribution in [0.4, 0.5) is 0 Å². The summed E-state index contributed by atoms with van der Waals surface area (Å²) in [5.74, 6) is -0.866. The molecule has 0 amide bonds. The monoisotopic (exact) mass is 1040 g/mol.